The van der Waals surface area contributed by atoms with E-state index in [0.717, 1.165) is 10.6 Å². The van der Waals surface area contributed by atoms with E-state index < -0.39 is 21.5 Å². The monoisotopic (exact) mass is 242 g/mol. The van der Waals surface area contributed by atoms with Crippen LogP contribution < -0.4 is 8.75 Å². The highest BCUT2D eigenvalue weighted by Crippen LogP contribution is 2.25. The van der Waals surface area contributed by atoms with Crippen LogP contribution >= 0.6 is 0 Å². The number of rotatable bonds is 2. The van der Waals surface area contributed by atoms with Gasteiger partial charge in [0.15, 0.2) is 6.20 Å². The molecule has 1 rings (SSSR count). The summed E-state index contributed by atoms with van der Waals surface area (Å²) in [6.07, 6.45) is 1.36. The third kappa shape index (κ3) is 2.58. The lowest BCUT2D eigenvalue weighted by molar-refractivity contribution is -0.674. The molecule has 1 heterocycles. The van der Waals surface area contributed by atoms with E-state index in [4.69, 9.17) is 0 Å². The third-order valence-electron chi connectivity index (χ3n) is 1.49. The lowest BCUT2D eigenvalue weighted by Crippen LogP contribution is -2.35. The van der Waals surface area contributed by atoms with Crippen molar-refractivity contribution in [3.63, 3.8) is 0 Å². The van der Waals surface area contributed by atoms with Crippen molar-refractivity contribution in [3.05, 3.63) is 24.4 Å². The fourth-order valence-corrected chi connectivity index (χ4v) is 1.25. The Morgan fingerprint density at radius 3 is 2.40 bits per heavy atom. The molecule has 0 saturated carbocycles. The minimum Gasteiger partial charge on any atom is -0.316 e. The van der Waals surface area contributed by atoms with E-state index in [1.165, 1.54) is 25.4 Å². The fraction of sp³-hybridized carbons (Fsp3) is 0.286. The predicted octanol–water partition coefficient (Wildman–Crippen LogP) is 0.739. The molecule has 1 aromatic heterocycles. The summed E-state index contributed by atoms with van der Waals surface area (Å²) in [6, 6.07) is 4.00. The number of nitrogens with zero attached hydrogens (tertiary/aromatic N) is 1. The van der Waals surface area contributed by atoms with E-state index in [-0.39, 0.29) is 0 Å². The summed E-state index contributed by atoms with van der Waals surface area (Å²) >= 11 is 0. The molecule has 0 N–H and O–H groups in total. The standard InChI is InChI=1S/C7H7F3NO3S/c1-11-5-3-2-4-6(11)14-15(12,13)7(8,9)10/h2-5H,1H3/q+1. The molecule has 4 nitrogen and oxygen atoms in total. The summed E-state index contributed by atoms with van der Waals surface area (Å²) in [5, 5.41) is 0. The maximum absolute atomic E-state index is 11.9. The molecule has 0 saturated heterocycles. The molecule has 0 radical (unpaired) electrons. The van der Waals surface area contributed by atoms with Gasteiger partial charge in [0.05, 0.1) is 6.07 Å². The second kappa shape index (κ2) is 3.69. The molecule has 0 aliphatic heterocycles. The first-order chi connectivity index (χ1) is 6.74. The van der Waals surface area contributed by atoms with Gasteiger partial charge in [0.25, 0.3) is 0 Å². The number of aryl methyl sites for hydroxylation is 1. The van der Waals surface area contributed by atoms with Crippen LogP contribution in [0.2, 0.25) is 0 Å². The Labute approximate surface area is 84.0 Å². The first-order valence-electron chi connectivity index (χ1n) is 3.69. The molecule has 0 bridgehead atoms. The van der Waals surface area contributed by atoms with Gasteiger partial charge in [-0.25, -0.2) is 0 Å². The second-order valence-electron chi connectivity index (χ2n) is 2.63. The van der Waals surface area contributed by atoms with Gasteiger partial charge < -0.3 is 4.18 Å². The molecule has 0 spiro atoms. The Morgan fingerprint density at radius 2 is 1.93 bits per heavy atom. The Bertz CT molecular complexity index is 455. The van der Waals surface area contributed by atoms with Gasteiger partial charge in [-0.05, 0) is 6.07 Å². The molecule has 0 aliphatic rings. The topological polar surface area (TPSA) is 47.2 Å². The number of pyridine rings is 1. The van der Waals surface area contributed by atoms with Crippen molar-refractivity contribution < 1.29 is 30.3 Å². The number of aromatic nitrogens is 1. The zero-order valence-corrected chi connectivity index (χ0v) is 8.34. The van der Waals surface area contributed by atoms with Gasteiger partial charge >= 0.3 is 21.5 Å². The molecule has 0 aliphatic carbocycles. The van der Waals surface area contributed by atoms with Gasteiger partial charge in [0.1, 0.15) is 7.05 Å². The summed E-state index contributed by atoms with van der Waals surface area (Å²) in [5.74, 6) is -0.408. The minimum absolute atomic E-state index is 0.408. The molecule has 0 fully saturated rings. The van der Waals surface area contributed by atoms with Crippen molar-refractivity contribution in [1.29, 1.82) is 0 Å². The van der Waals surface area contributed by atoms with Crippen LogP contribution in [0.15, 0.2) is 24.4 Å². The highest BCUT2D eigenvalue weighted by molar-refractivity contribution is 7.87. The zero-order chi connectivity index (χ0) is 11.7. The highest BCUT2D eigenvalue weighted by Gasteiger charge is 2.49. The first kappa shape index (κ1) is 11.8. The number of alkyl halides is 3. The smallest absolute Gasteiger partial charge is 0.316 e. The van der Waals surface area contributed by atoms with Gasteiger partial charge in [0, 0.05) is 6.07 Å². The van der Waals surface area contributed by atoms with Crippen LogP contribution in [-0.2, 0) is 17.2 Å². The van der Waals surface area contributed by atoms with Crippen molar-refractivity contribution >= 4 is 10.1 Å². The Morgan fingerprint density at radius 1 is 1.33 bits per heavy atom. The van der Waals surface area contributed by atoms with Gasteiger partial charge in [0.2, 0.25) is 0 Å². The molecule has 8 heteroatoms. The largest absolute Gasteiger partial charge is 0.534 e. The van der Waals surface area contributed by atoms with Gasteiger partial charge in [-0.15, -0.1) is 0 Å². The van der Waals surface area contributed by atoms with Crippen LogP contribution in [0.5, 0.6) is 5.88 Å². The maximum atomic E-state index is 11.9. The van der Waals surface area contributed by atoms with Crippen molar-refractivity contribution in [2.24, 2.45) is 7.05 Å². The summed E-state index contributed by atoms with van der Waals surface area (Å²) in [7, 11) is -4.23. The highest BCUT2D eigenvalue weighted by atomic mass is 32.2. The quantitative estimate of drug-likeness (QED) is 0.436. The number of hydrogen-bond acceptors (Lipinski definition) is 3. The van der Waals surface area contributed by atoms with Crippen LogP contribution in [-0.4, -0.2) is 13.9 Å². The Balaban J connectivity index is 3.03. The molecule has 0 amide bonds. The fourth-order valence-electron chi connectivity index (χ4n) is 0.754. The van der Waals surface area contributed by atoms with Gasteiger partial charge in [-0.3, -0.25) is 0 Å². The molecule has 15 heavy (non-hydrogen) atoms. The summed E-state index contributed by atoms with van der Waals surface area (Å²) in [4.78, 5) is 0. The van der Waals surface area contributed by atoms with E-state index in [2.05, 4.69) is 4.18 Å². The van der Waals surface area contributed by atoms with Crippen LogP contribution in [0.1, 0.15) is 0 Å². The van der Waals surface area contributed by atoms with Crippen molar-refractivity contribution in [2.75, 3.05) is 0 Å². The second-order valence-corrected chi connectivity index (χ2v) is 4.17. The molecular formula is C7H7F3NO3S+. The van der Waals surface area contributed by atoms with E-state index in [0.29, 0.717) is 0 Å². The average molecular weight is 242 g/mol. The lowest BCUT2D eigenvalue weighted by atomic mass is 10.5. The van der Waals surface area contributed by atoms with Crippen LogP contribution in [0.25, 0.3) is 0 Å². The van der Waals surface area contributed by atoms with Crippen LogP contribution in [0.3, 0.4) is 0 Å². The van der Waals surface area contributed by atoms with Crippen LogP contribution in [0, 0.1) is 0 Å². The molecule has 0 unspecified atom stereocenters. The SMILES string of the molecule is C[n+]1ccccc1OS(=O)(=O)C(F)(F)F. The van der Waals surface area contributed by atoms with Crippen molar-refractivity contribution in [3.8, 4) is 5.88 Å². The van der Waals surface area contributed by atoms with Gasteiger partial charge in [-0.2, -0.15) is 26.2 Å². The Hall–Kier alpha value is -1.31. The van der Waals surface area contributed by atoms with E-state index in [1.54, 1.807) is 0 Å². The summed E-state index contributed by atoms with van der Waals surface area (Å²) < 4.78 is 62.0. The van der Waals surface area contributed by atoms with E-state index in [1.807, 2.05) is 0 Å². The molecule has 1 aromatic rings. The first-order valence-corrected chi connectivity index (χ1v) is 5.10. The van der Waals surface area contributed by atoms with Gasteiger partial charge in [-0.1, -0.05) is 0 Å². The van der Waals surface area contributed by atoms with E-state index in [9.17, 15) is 21.6 Å². The van der Waals surface area contributed by atoms with Crippen molar-refractivity contribution in [1.82, 2.24) is 0 Å². The zero-order valence-electron chi connectivity index (χ0n) is 7.52. The third-order valence-corrected chi connectivity index (χ3v) is 2.44. The molecule has 0 atom stereocenters. The number of hydrogen-bond donors (Lipinski definition) is 0. The van der Waals surface area contributed by atoms with Crippen LogP contribution in [0.4, 0.5) is 13.2 Å². The summed E-state index contributed by atoms with van der Waals surface area (Å²) in [6.45, 7) is 0. The lowest BCUT2D eigenvalue weighted by Gasteiger charge is -2.06. The van der Waals surface area contributed by atoms with E-state index >= 15 is 0 Å². The van der Waals surface area contributed by atoms with Crippen molar-refractivity contribution in [2.45, 2.75) is 5.51 Å². The average Bonchev–Trinajstić information content (AvgIpc) is 2.06. The normalized spacial score (nSPS) is 12.5. The molecule has 84 valence electrons. The maximum Gasteiger partial charge on any atom is 0.534 e. The predicted molar refractivity (Wildman–Crippen MR) is 43.2 cm³/mol. The Kier molecular flexibility index (Phi) is 2.89. The molecule has 0 aromatic carbocycles. The number of halogens is 3. The molecular weight excluding hydrogens is 235 g/mol. The summed E-state index contributed by atoms with van der Waals surface area (Å²) in [5.41, 5.74) is -5.42. The minimum atomic E-state index is -5.59.